The number of unbranched alkanes of at least 4 members (excludes halogenated alkanes) is 7. The van der Waals surface area contributed by atoms with Crippen LogP contribution in [-0.4, -0.2) is 6.61 Å². The molecule has 0 bridgehead atoms. The Morgan fingerprint density at radius 2 is 1.48 bits per heavy atom. The van der Waals surface area contributed by atoms with Gasteiger partial charge >= 0.3 is 6.61 Å². The van der Waals surface area contributed by atoms with Gasteiger partial charge in [-0.2, -0.15) is 8.78 Å². The molecule has 1 aliphatic carbocycles. The predicted molar refractivity (Wildman–Crippen MR) is 129 cm³/mol. The van der Waals surface area contributed by atoms with E-state index in [4.69, 9.17) is 0 Å². The largest absolute Gasteiger partial charge is 0.435 e. The summed E-state index contributed by atoms with van der Waals surface area (Å²) in [6.07, 6.45) is 16.2. The molecule has 0 N–H and O–H groups in total. The molecule has 4 heteroatoms. The van der Waals surface area contributed by atoms with Gasteiger partial charge < -0.3 is 4.74 Å². The fraction of sp³-hybridized carbons (Fsp3) is 0.448. The lowest BCUT2D eigenvalue weighted by Gasteiger charge is -2.33. The lowest BCUT2D eigenvalue weighted by molar-refractivity contribution is -0.0498. The van der Waals surface area contributed by atoms with Crippen LogP contribution in [0.25, 0.3) is 0 Å². The number of hydrogen-bond donors (Lipinski definition) is 0. The molecule has 0 fully saturated rings. The smallest absolute Gasteiger partial charge is 0.387 e. The molecular weight excluding hydrogens is 421 g/mol. The zero-order valence-electron chi connectivity index (χ0n) is 19.5. The van der Waals surface area contributed by atoms with Crippen molar-refractivity contribution in [1.82, 2.24) is 0 Å². The summed E-state index contributed by atoms with van der Waals surface area (Å²) >= 11 is 0. The third-order valence-corrected chi connectivity index (χ3v) is 6.50. The van der Waals surface area contributed by atoms with Crippen molar-refractivity contribution in [2.24, 2.45) is 0 Å². The van der Waals surface area contributed by atoms with E-state index in [2.05, 4.69) is 17.7 Å². The fourth-order valence-corrected chi connectivity index (χ4v) is 4.65. The lowest BCUT2D eigenvalue weighted by atomic mass is 9.71. The molecule has 2 aromatic carbocycles. The van der Waals surface area contributed by atoms with Gasteiger partial charge in [0, 0.05) is 5.41 Å². The molecule has 0 spiro atoms. The molecule has 33 heavy (non-hydrogen) atoms. The van der Waals surface area contributed by atoms with Gasteiger partial charge in [-0.05, 0) is 35.8 Å². The van der Waals surface area contributed by atoms with E-state index in [1.165, 1.54) is 38.5 Å². The van der Waals surface area contributed by atoms with Crippen molar-refractivity contribution in [1.29, 1.82) is 0 Å². The Labute approximate surface area is 196 Å². The maximum atomic E-state index is 15.4. The van der Waals surface area contributed by atoms with E-state index in [-0.39, 0.29) is 17.5 Å². The number of halogens is 3. The molecule has 0 heterocycles. The summed E-state index contributed by atoms with van der Waals surface area (Å²) in [4.78, 5) is 0. The van der Waals surface area contributed by atoms with Crippen LogP contribution in [0.2, 0.25) is 0 Å². The molecular formula is C29H35F3O. The Morgan fingerprint density at radius 1 is 0.848 bits per heavy atom. The number of allylic oxidation sites excluding steroid dienone is 4. The van der Waals surface area contributed by atoms with Crippen LogP contribution in [0.15, 0.2) is 78.7 Å². The molecule has 0 amide bonds. The third kappa shape index (κ3) is 7.25. The van der Waals surface area contributed by atoms with Crippen LogP contribution in [0.3, 0.4) is 0 Å². The second-order valence-corrected chi connectivity index (χ2v) is 8.94. The van der Waals surface area contributed by atoms with Gasteiger partial charge in [0.15, 0.2) is 0 Å². The van der Waals surface area contributed by atoms with Crippen molar-refractivity contribution in [2.45, 2.75) is 82.7 Å². The molecule has 3 rings (SSSR count). The van der Waals surface area contributed by atoms with Crippen LogP contribution in [0.4, 0.5) is 13.2 Å². The number of ether oxygens (including phenoxy) is 1. The molecule has 178 valence electrons. The number of hydrogen-bond acceptors (Lipinski definition) is 1. The van der Waals surface area contributed by atoms with Crippen molar-refractivity contribution >= 4 is 0 Å². The first kappa shape index (κ1) is 25.1. The zero-order chi connectivity index (χ0) is 23.5. The molecule has 0 saturated heterocycles. The van der Waals surface area contributed by atoms with E-state index in [9.17, 15) is 8.78 Å². The van der Waals surface area contributed by atoms with Gasteiger partial charge in [-0.15, -0.1) is 0 Å². The lowest BCUT2D eigenvalue weighted by Crippen LogP contribution is -2.25. The van der Waals surface area contributed by atoms with E-state index in [0.717, 1.165) is 30.4 Å². The van der Waals surface area contributed by atoms with Crippen molar-refractivity contribution in [3.63, 3.8) is 0 Å². The first-order valence-corrected chi connectivity index (χ1v) is 12.2. The molecule has 0 aliphatic heterocycles. The Morgan fingerprint density at radius 3 is 2.09 bits per heavy atom. The second-order valence-electron chi connectivity index (χ2n) is 8.94. The molecule has 0 aromatic heterocycles. The van der Waals surface area contributed by atoms with Crippen molar-refractivity contribution in [2.75, 3.05) is 0 Å². The zero-order valence-corrected chi connectivity index (χ0v) is 19.5. The fourth-order valence-electron chi connectivity index (χ4n) is 4.65. The maximum Gasteiger partial charge on any atom is 0.387 e. The van der Waals surface area contributed by atoms with Gasteiger partial charge in [-0.3, -0.25) is 0 Å². The van der Waals surface area contributed by atoms with Gasteiger partial charge in [0.2, 0.25) is 0 Å². The van der Waals surface area contributed by atoms with Crippen LogP contribution in [-0.2, 0) is 5.41 Å². The SMILES string of the molecule is CCCCCCCCCCC1(c2ccc(OC(F)F)cc2)C=CC(c2ccccc2)C(F)=C1. The molecule has 2 unspecified atom stereocenters. The summed E-state index contributed by atoms with van der Waals surface area (Å²) in [5, 5.41) is 0. The van der Waals surface area contributed by atoms with Gasteiger partial charge in [-0.25, -0.2) is 4.39 Å². The van der Waals surface area contributed by atoms with E-state index < -0.39 is 12.0 Å². The van der Waals surface area contributed by atoms with Crippen LogP contribution in [0.5, 0.6) is 5.75 Å². The molecule has 2 atom stereocenters. The maximum absolute atomic E-state index is 15.4. The average molecular weight is 457 g/mol. The molecule has 0 saturated carbocycles. The summed E-state index contributed by atoms with van der Waals surface area (Å²) in [5.41, 5.74) is 1.23. The normalized spacial score (nSPS) is 20.2. The Bertz CT molecular complexity index is 889. The van der Waals surface area contributed by atoms with Crippen molar-refractivity contribution < 1.29 is 17.9 Å². The Balaban J connectivity index is 1.73. The highest BCUT2D eigenvalue weighted by atomic mass is 19.3. The highest BCUT2D eigenvalue weighted by molar-refractivity contribution is 5.46. The van der Waals surface area contributed by atoms with Gasteiger partial charge in [0.1, 0.15) is 11.6 Å². The molecule has 1 aliphatic rings. The number of rotatable bonds is 13. The summed E-state index contributed by atoms with van der Waals surface area (Å²) < 4.78 is 45.0. The summed E-state index contributed by atoms with van der Waals surface area (Å²) in [6, 6.07) is 16.3. The van der Waals surface area contributed by atoms with E-state index in [0.29, 0.717) is 0 Å². The van der Waals surface area contributed by atoms with Crippen molar-refractivity contribution in [3.05, 3.63) is 89.8 Å². The van der Waals surface area contributed by atoms with Crippen LogP contribution in [0, 0.1) is 0 Å². The van der Waals surface area contributed by atoms with Gasteiger partial charge in [-0.1, -0.05) is 113 Å². The summed E-state index contributed by atoms with van der Waals surface area (Å²) in [7, 11) is 0. The molecule has 2 aromatic rings. The monoisotopic (exact) mass is 456 g/mol. The second kappa shape index (κ2) is 12.7. The van der Waals surface area contributed by atoms with Gasteiger partial charge in [0.05, 0.1) is 5.92 Å². The first-order valence-electron chi connectivity index (χ1n) is 12.2. The first-order chi connectivity index (χ1) is 16.0. The number of alkyl halides is 2. The van der Waals surface area contributed by atoms with E-state index in [1.807, 2.05) is 36.4 Å². The summed E-state index contributed by atoms with van der Waals surface area (Å²) in [5.74, 6) is -0.446. The van der Waals surface area contributed by atoms with Crippen LogP contribution >= 0.6 is 0 Å². The quantitative estimate of drug-likeness (QED) is 0.215. The minimum absolute atomic E-state index is 0.113. The standard InChI is InChI=1S/C29H35F3O/c1-2-3-4-5-6-7-8-12-20-29(24-15-17-25(18-16-24)33-28(31)32)21-19-26(27(30)22-29)23-13-10-9-11-14-23/h9-11,13-19,21-22,26,28H,2-8,12,20H2,1H3. The average Bonchev–Trinajstić information content (AvgIpc) is 2.81. The van der Waals surface area contributed by atoms with Crippen LogP contribution in [0.1, 0.15) is 81.8 Å². The molecule has 1 nitrogen and oxygen atoms in total. The Hall–Kier alpha value is -2.49. The van der Waals surface area contributed by atoms with Crippen molar-refractivity contribution in [3.8, 4) is 5.75 Å². The Kier molecular flexibility index (Phi) is 9.65. The van der Waals surface area contributed by atoms with Gasteiger partial charge in [0.25, 0.3) is 0 Å². The topological polar surface area (TPSA) is 9.23 Å². The highest BCUT2D eigenvalue weighted by Crippen LogP contribution is 2.43. The minimum Gasteiger partial charge on any atom is -0.435 e. The molecule has 0 radical (unpaired) electrons. The summed E-state index contributed by atoms with van der Waals surface area (Å²) in [6.45, 7) is -0.640. The van der Waals surface area contributed by atoms with Crippen LogP contribution < -0.4 is 4.74 Å². The number of benzene rings is 2. The van der Waals surface area contributed by atoms with E-state index in [1.54, 1.807) is 30.3 Å². The predicted octanol–water partition coefficient (Wildman–Crippen LogP) is 9.26. The minimum atomic E-state index is -2.86. The van der Waals surface area contributed by atoms with E-state index >= 15 is 4.39 Å². The highest BCUT2D eigenvalue weighted by Gasteiger charge is 2.33. The third-order valence-electron chi connectivity index (χ3n) is 6.50.